The molecule has 0 bridgehead atoms. The summed E-state index contributed by atoms with van der Waals surface area (Å²) in [6.07, 6.45) is 2.11. The Labute approximate surface area is 194 Å². The number of ether oxygens (including phenoxy) is 2. The van der Waals surface area contributed by atoms with E-state index in [1.54, 1.807) is 12.1 Å². The summed E-state index contributed by atoms with van der Waals surface area (Å²) >= 11 is 0. The first kappa shape index (κ1) is 25.7. The van der Waals surface area contributed by atoms with E-state index < -0.39 is 5.97 Å². The zero-order valence-corrected chi connectivity index (χ0v) is 18.4. The lowest BCUT2D eigenvalue weighted by Gasteiger charge is -2.15. The van der Waals surface area contributed by atoms with E-state index in [-0.39, 0.29) is 25.4 Å². The van der Waals surface area contributed by atoms with Crippen LogP contribution in [0.15, 0.2) is 48.5 Å². The number of rotatable bonds is 11. The zero-order valence-electron chi connectivity index (χ0n) is 18.4. The summed E-state index contributed by atoms with van der Waals surface area (Å²) in [6.45, 7) is 4.32. The molecule has 3 aromatic carbocycles. The van der Waals surface area contributed by atoms with Gasteiger partial charge in [0.15, 0.2) is 5.78 Å². The lowest BCUT2D eigenvalue weighted by Crippen LogP contribution is -2.07. The number of carbonyl (C=O) groups is 2. The first-order valence-corrected chi connectivity index (χ1v) is 10.7. The first-order valence-electron chi connectivity index (χ1n) is 10.7. The Morgan fingerprint density at radius 2 is 1.64 bits per heavy atom. The van der Waals surface area contributed by atoms with E-state index in [1.807, 2.05) is 43.3 Å². The number of hydrogen-bond donors (Lipinski definition) is 2. The molecule has 33 heavy (non-hydrogen) atoms. The SMILES string of the molecule is C.CCCc1c(OCCCOc2ccc3cc(CC(=O)O)ccc3c2)ccc(C(C)=O)c1O. The van der Waals surface area contributed by atoms with Gasteiger partial charge in [0.2, 0.25) is 0 Å². The van der Waals surface area contributed by atoms with Crippen LogP contribution < -0.4 is 9.47 Å². The van der Waals surface area contributed by atoms with Crippen molar-refractivity contribution in [1.82, 2.24) is 0 Å². The number of Topliss-reactive ketones (excluding diaryl/α,β-unsaturated/α-hetero) is 1. The highest BCUT2D eigenvalue weighted by Gasteiger charge is 2.15. The fraction of sp³-hybridized carbons (Fsp3) is 0.333. The molecule has 0 aliphatic heterocycles. The van der Waals surface area contributed by atoms with Gasteiger partial charge in [-0.3, -0.25) is 9.59 Å². The summed E-state index contributed by atoms with van der Waals surface area (Å²) in [6, 6.07) is 14.6. The molecule has 0 amide bonds. The van der Waals surface area contributed by atoms with Crippen LogP contribution in [0, 0.1) is 0 Å². The molecule has 176 valence electrons. The maximum absolute atomic E-state index is 11.7. The highest BCUT2D eigenvalue weighted by atomic mass is 16.5. The minimum atomic E-state index is -0.849. The van der Waals surface area contributed by atoms with Crippen LogP contribution in [0.25, 0.3) is 10.8 Å². The number of carbonyl (C=O) groups excluding carboxylic acids is 1. The van der Waals surface area contributed by atoms with Gasteiger partial charge in [0.1, 0.15) is 17.2 Å². The normalized spacial score (nSPS) is 10.5. The second-order valence-electron chi connectivity index (χ2n) is 7.71. The van der Waals surface area contributed by atoms with Crippen LogP contribution in [-0.2, 0) is 17.6 Å². The number of aromatic hydroxyl groups is 1. The van der Waals surface area contributed by atoms with E-state index in [0.29, 0.717) is 42.9 Å². The summed E-state index contributed by atoms with van der Waals surface area (Å²) in [5, 5.41) is 21.3. The molecule has 0 aliphatic carbocycles. The second-order valence-corrected chi connectivity index (χ2v) is 7.71. The van der Waals surface area contributed by atoms with Crippen molar-refractivity contribution in [2.24, 2.45) is 0 Å². The highest BCUT2D eigenvalue weighted by Crippen LogP contribution is 2.33. The van der Waals surface area contributed by atoms with E-state index in [0.717, 1.165) is 28.5 Å². The van der Waals surface area contributed by atoms with Gasteiger partial charge in [-0.2, -0.15) is 0 Å². The van der Waals surface area contributed by atoms with Crippen molar-refractivity contribution in [1.29, 1.82) is 0 Å². The molecule has 0 atom stereocenters. The third kappa shape index (κ3) is 6.72. The molecule has 0 radical (unpaired) electrons. The maximum Gasteiger partial charge on any atom is 0.307 e. The van der Waals surface area contributed by atoms with E-state index in [9.17, 15) is 14.7 Å². The Morgan fingerprint density at radius 1 is 0.939 bits per heavy atom. The molecule has 0 saturated heterocycles. The average molecular weight is 453 g/mol. The Hall–Kier alpha value is -3.54. The molecule has 0 fully saturated rings. The molecular formula is C27H32O6. The monoisotopic (exact) mass is 452 g/mol. The second kappa shape index (κ2) is 11.9. The topological polar surface area (TPSA) is 93.1 Å². The smallest absolute Gasteiger partial charge is 0.307 e. The van der Waals surface area contributed by atoms with E-state index in [1.165, 1.54) is 6.92 Å². The summed E-state index contributed by atoms with van der Waals surface area (Å²) < 4.78 is 11.7. The molecule has 0 spiro atoms. The number of benzene rings is 3. The lowest BCUT2D eigenvalue weighted by molar-refractivity contribution is -0.136. The van der Waals surface area contributed by atoms with E-state index in [4.69, 9.17) is 14.6 Å². The fourth-order valence-electron chi connectivity index (χ4n) is 3.61. The van der Waals surface area contributed by atoms with E-state index >= 15 is 0 Å². The number of ketones is 1. The predicted octanol–water partition coefficient (Wildman–Crippen LogP) is 5.81. The fourth-order valence-corrected chi connectivity index (χ4v) is 3.61. The maximum atomic E-state index is 11.7. The summed E-state index contributed by atoms with van der Waals surface area (Å²) in [7, 11) is 0. The van der Waals surface area contributed by atoms with Gasteiger partial charge < -0.3 is 19.7 Å². The van der Waals surface area contributed by atoms with Crippen LogP contribution >= 0.6 is 0 Å². The quantitative estimate of drug-likeness (QED) is 0.282. The van der Waals surface area contributed by atoms with Gasteiger partial charge in [0.05, 0.1) is 25.2 Å². The lowest BCUT2D eigenvalue weighted by atomic mass is 10.0. The van der Waals surface area contributed by atoms with Crippen LogP contribution in [-0.4, -0.2) is 35.2 Å². The van der Waals surface area contributed by atoms with Gasteiger partial charge in [-0.1, -0.05) is 45.0 Å². The van der Waals surface area contributed by atoms with Crippen LogP contribution in [0.3, 0.4) is 0 Å². The standard InChI is InChI=1S/C26H28O6.CH4/c1-3-5-23-24(11-10-22(17(2)27)26(23)30)32-13-4-12-31-21-9-8-19-14-18(15-25(28)29)6-7-20(19)16-21;/h6-11,14,16,30H,3-5,12-13,15H2,1-2H3,(H,28,29);1H4. The Bertz CT molecular complexity index is 1120. The molecular weight excluding hydrogens is 420 g/mol. The van der Waals surface area contributed by atoms with Gasteiger partial charge in [0, 0.05) is 12.0 Å². The van der Waals surface area contributed by atoms with Gasteiger partial charge in [0.25, 0.3) is 0 Å². The highest BCUT2D eigenvalue weighted by molar-refractivity contribution is 5.97. The average Bonchev–Trinajstić information content (AvgIpc) is 2.75. The number of aliphatic carboxylic acids is 1. The van der Waals surface area contributed by atoms with Crippen molar-refractivity contribution >= 4 is 22.5 Å². The number of phenolic OH excluding ortho intramolecular Hbond substituents is 1. The van der Waals surface area contributed by atoms with Gasteiger partial charge in [-0.05, 0) is 53.9 Å². The molecule has 0 aromatic heterocycles. The number of fused-ring (bicyclic) bond motifs is 1. The number of carboxylic acids is 1. The van der Waals surface area contributed by atoms with E-state index in [2.05, 4.69) is 0 Å². The van der Waals surface area contributed by atoms with Crippen molar-refractivity contribution in [3.8, 4) is 17.2 Å². The minimum Gasteiger partial charge on any atom is -0.507 e. The molecule has 0 saturated carbocycles. The molecule has 0 heterocycles. The summed E-state index contributed by atoms with van der Waals surface area (Å²) in [4.78, 5) is 22.5. The van der Waals surface area contributed by atoms with Crippen LogP contribution in [0.1, 0.15) is 55.6 Å². The third-order valence-electron chi connectivity index (χ3n) is 5.17. The molecule has 6 heteroatoms. The Morgan fingerprint density at radius 3 is 2.33 bits per heavy atom. The molecule has 0 aliphatic rings. The predicted molar refractivity (Wildman–Crippen MR) is 130 cm³/mol. The van der Waals surface area contributed by atoms with Crippen LogP contribution in [0.5, 0.6) is 17.2 Å². The number of phenols is 1. The molecule has 0 unspecified atom stereocenters. The summed E-state index contributed by atoms with van der Waals surface area (Å²) in [5.74, 6) is 0.318. The van der Waals surface area contributed by atoms with Crippen LogP contribution in [0.2, 0.25) is 0 Å². The number of carboxylic acid groups (broad SMARTS) is 1. The zero-order chi connectivity index (χ0) is 23.1. The minimum absolute atomic E-state index is 0. The van der Waals surface area contributed by atoms with Crippen LogP contribution in [0.4, 0.5) is 0 Å². The van der Waals surface area contributed by atoms with Gasteiger partial charge in [-0.25, -0.2) is 0 Å². The summed E-state index contributed by atoms with van der Waals surface area (Å²) in [5.41, 5.74) is 1.74. The van der Waals surface area contributed by atoms with Crippen molar-refractivity contribution in [2.75, 3.05) is 13.2 Å². The molecule has 6 nitrogen and oxygen atoms in total. The van der Waals surface area contributed by atoms with Crippen molar-refractivity contribution in [3.05, 3.63) is 65.2 Å². The largest absolute Gasteiger partial charge is 0.507 e. The third-order valence-corrected chi connectivity index (χ3v) is 5.17. The van der Waals surface area contributed by atoms with Crippen molar-refractivity contribution < 1.29 is 29.3 Å². The van der Waals surface area contributed by atoms with Gasteiger partial charge >= 0.3 is 5.97 Å². The number of hydrogen-bond acceptors (Lipinski definition) is 5. The molecule has 3 rings (SSSR count). The Balaban J connectivity index is 0.00000385. The Kier molecular flexibility index (Phi) is 9.28. The van der Waals surface area contributed by atoms with Crippen molar-refractivity contribution in [3.63, 3.8) is 0 Å². The molecule has 2 N–H and O–H groups in total. The first-order chi connectivity index (χ1) is 15.4. The van der Waals surface area contributed by atoms with Gasteiger partial charge in [-0.15, -0.1) is 0 Å². The molecule has 3 aromatic rings. The van der Waals surface area contributed by atoms with Crippen molar-refractivity contribution in [2.45, 2.75) is 47.0 Å².